The van der Waals surface area contributed by atoms with Crippen molar-refractivity contribution < 1.29 is 19.1 Å². The van der Waals surface area contributed by atoms with Crippen LogP contribution in [0.3, 0.4) is 0 Å². The number of benzene rings is 1. The smallest absolute Gasteiger partial charge is 0.320 e. The van der Waals surface area contributed by atoms with Crippen LogP contribution in [0.5, 0.6) is 5.75 Å². The Kier molecular flexibility index (Phi) is 1.76. The molecule has 0 bridgehead atoms. The topological polar surface area (TPSA) is 99.3 Å². The number of aliphatic carboxylic acids is 1. The van der Waals surface area contributed by atoms with Crippen molar-refractivity contribution >= 4 is 16.9 Å². The van der Waals surface area contributed by atoms with E-state index < -0.39 is 18.4 Å². The summed E-state index contributed by atoms with van der Waals surface area (Å²) in [4.78, 5) is 13.7. The summed E-state index contributed by atoms with van der Waals surface area (Å²) in [5.74, 6) is -1.86. The lowest BCUT2D eigenvalue weighted by molar-refractivity contribution is -0.138. The molecule has 5 N–H and O–H groups in total. The van der Waals surface area contributed by atoms with Crippen LogP contribution >= 0.6 is 0 Å². The summed E-state index contributed by atoms with van der Waals surface area (Å²) in [6.07, 6.45) is -1.38. The molecule has 5 heteroatoms. The average molecular weight is 223 g/mol. The molecule has 0 fully saturated rings. The van der Waals surface area contributed by atoms with Crippen LogP contribution in [0.2, 0.25) is 0 Å². The molecule has 1 atom stereocenters. The molecule has 1 unspecified atom stereocenters. The van der Waals surface area contributed by atoms with Crippen LogP contribution in [-0.2, 0) is 11.2 Å². The third kappa shape index (κ3) is 1.85. The molecule has 0 saturated carbocycles. The van der Waals surface area contributed by atoms with Gasteiger partial charge < -0.3 is 20.9 Å². The molecule has 0 aliphatic heterocycles. The maximum atomic E-state index is 11.0. The number of hydrogen-bond acceptors (Lipinski definition) is 3. The summed E-state index contributed by atoms with van der Waals surface area (Å²) in [6.45, 7) is 0. The molecular weight excluding hydrogens is 208 g/mol. The van der Waals surface area contributed by atoms with Crippen LogP contribution in [0.15, 0.2) is 24.4 Å². The van der Waals surface area contributed by atoms with Gasteiger partial charge in [0.05, 0.1) is 1.37 Å². The SMILES string of the molecule is [2H]C(N)(C(=O)O)C([2H])([2H])c1c[nH]c2ccc(O)cc12. The molecule has 1 aromatic heterocycles. The number of carboxylic acids is 1. The fourth-order valence-corrected chi connectivity index (χ4v) is 1.41. The first-order chi connectivity index (χ1) is 8.68. The molecule has 0 aliphatic rings. The lowest BCUT2D eigenvalue weighted by Crippen LogP contribution is -2.32. The van der Waals surface area contributed by atoms with E-state index >= 15 is 0 Å². The monoisotopic (exact) mass is 223 g/mol. The zero-order chi connectivity index (χ0) is 14.4. The number of carboxylic acid groups (broad SMARTS) is 1. The summed E-state index contributed by atoms with van der Waals surface area (Å²) >= 11 is 0. The molecule has 0 spiro atoms. The van der Waals surface area contributed by atoms with Crippen molar-refractivity contribution in [2.75, 3.05) is 0 Å². The van der Waals surface area contributed by atoms with Crippen molar-refractivity contribution in [2.45, 2.75) is 12.4 Å². The van der Waals surface area contributed by atoms with E-state index in [9.17, 15) is 9.90 Å². The molecule has 84 valence electrons. The fraction of sp³-hybridized carbons (Fsp3) is 0.182. The van der Waals surface area contributed by atoms with Crippen LogP contribution in [0.4, 0.5) is 0 Å². The molecule has 1 aromatic carbocycles. The van der Waals surface area contributed by atoms with Gasteiger partial charge in [-0.05, 0) is 23.8 Å². The van der Waals surface area contributed by atoms with Gasteiger partial charge in [0.15, 0.2) is 0 Å². The van der Waals surface area contributed by atoms with Crippen LogP contribution in [0.1, 0.15) is 9.68 Å². The van der Waals surface area contributed by atoms with E-state index in [2.05, 4.69) is 4.98 Å². The number of H-pyrrole nitrogens is 1. The molecule has 0 amide bonds. The number of aromatic amines is 1. The maximum absolute atomic E-state index is 11.0. The number of aromatic hydroxyl groups is 1. The lowest BCUT2D eigenvalue weighted by Gasteiger charge is -2.04. The Bertz CT molecular complexity index is 652. The second kappa shape index (κ2) is 3.86. The summed E-state index contributed by atoms with van der Waals surface area (Å²) in [5, 5.41) is 18.6. The van der Waals surface area contributed by atoms with Crippen LogP contribution < -0.4 is 5.73 Å². The third-order valence-corrected chi connectivity index (χ3v) is 2.17. The molecule has 2 aromatic rings. The van der Waals surface area contributed by atoms with Gasteiger partial charge in [0.2, 0.25) is 0 Å². The van der Waals surface area contributed by atoms with Gasteiger partial charge >= 0.3 is 5.97 Å². The highest BCUT2D eigenvalue weighted by molar-refractivity contribution is 5.85. The van der Waals surface area contributed by atoms with Gasteiger partial charge in [0.25, 0.3) is 0 Å². The van der Waals surface area contributed by atoms with Crippen molar-refractivity contribution in [3.05, 3.63) is 30.0 Å². The minimum absolute atomic E-state index is 0.0849. The lowest BCUT2D eigenvalue weighted by atomic mass is 10.1. The molecule has 2 rings (SSSR count). The van der Waals surface area contributed by atoms with Gasteiger partial charge in [-0.15, -0.1) is 0 Å². The molecular formula is C11H12N2O3. The largest absolute Gasteiger partial charge is 0.508 e. The van der Waals surface area contributed by atoms with E-state index in [-0.39, 0.29) is 16.7 Å². The number of nitrogens with two attached hydrogens (primary N) is 1. The van der Waals surface area contributed by atoms with E-state index in [0.717, 1.165) is 0 Å². The first-order valence-electron chi connectivity index (χ1n) is 6.01. The van der Waals surface area contributed by atoms with E-state index in [0.29, 0.717) is 5.52 Å². The Morgan fingerprint density at radius 1 is 1.69 bits per heavy atom. The molecule has 0 saturated heterocycles. The Balaban J connectivity index is 2.67. The summed E-state index contributed by atoms with van der Waals surface area (Å²) in [7, 11) is 0. The number of rotatable bonds is 3. The standard InChI is InChI=1S/C11H12N2O3/c12-9(11(15)16)3-6-5-13-10-2-1-7(14)4-8(6)10/h1-2,4-5,9,13-14H,3,12H2,(H,15,16)/i3D2,9D. The second-order valence-corrected chi connectivity index (χ2v) is 3.28. The Morgan fingerprint density at radius 3 is 3.12 bits per heavy atom. The Morgan fingerprint density at radius 2 is 2.44 bits per heavy atom. The zero-order valence-electron chi connectivity index (χ0n) is 11.2. The normalized spacial score (nSPS) is 18.4. The Hall–Kier alpha value is -2.01. The van der Waals surface area contributed by atoms with Crippen molar-refractivity contribution in [1.82, 2.24) is 4.98 Å². The van der Waals surface area contributed by atoms with Crippen molar-refractivity contribution in [3.63, 3.8) is 0 Å². The summed E-state index contributed by atoms with van der Waals surface area (Å²) < 4.78 is 23.2. The third-order valence-electron chi connectivity index (χ3n) is 2.17. The number of phenols is 1. The predicted octanol–water partition coefficient (Wildman–Crippen LogP) is 0.828. The highest BCUT2D eigenvalue weighted by Crippen LogP contribution is 2.23. The van der Waals surface area contributed by atoms with E-state index in [4.69, 9.17) is 15.0 Å². The van der Waals surface area contributed by atoms with Crippen molar-refractivity contribution in [2.24, 2.45) is 5.73 Å². The van der Waals surface area contributed by atoms with E-state index in [1.54, 1.807) is 0 Å². The quantitative estimate of drug-likeness (QED) is 0.619. The maximum Gasteiger partial charge on any atom is 0.320 e. The minimum atomic E-state index is -2.84. The number of phenolic OH excluding ortho intramolecular Hbond substituents is 1. The highest BCUT2D eigenvalue weighted by Gasteiger charge is 2.14. The minimum Gasteiger partial charge on any atom is -0.508 e. The van der Waals surface area contributed by atoms with Crippen molar-refractivity contribution in [3.8, 4) is 5.75 Å². The summed E-state index contributed by atoms with van der Waals surface area (Å²) in [5.41, 5.74) is 5.70. The number of nitrogens with one attached hydrogen (secondary N) is 1. The van der Waals surface area contributed by atoms with Gasteiger partial charge in [-0.1, -0.05) is 0 Å². The number of carbonyl (C=O) groups is 1. The number of aromatic nitrogens is 1. The van der Waals surface area contributed by atoms with Gasteiger partial charge in [-0.25, -0.2) is 0 Å². The zero-order valence-corrected chi connectivity index (χ0v) is 8.19. The summed E-state index contributed by atoms with van der Waals surface area (Å²) in [6, 6.07) is 1.38. The van der Waals surface area contributed by atoms with Crippen LogP contribution in [-0.4, -0.2) is 27.2 Å². The Labute approximate surface area is 95.7 Å². The molecule has 0 radical (unpaired) electrons. The highest BCUT2D eigenvalue weighted by atomic mass is 16.4. The second-order valence-electron chi connectivity index (χ2n) is 3.28. The average Bonchev–Trinajstić information content (AvgIpc) is 2.71. The molecule has 0 aliphatic carbocycles. The van der Waals surface area contributed by atoms with Crippen LogP contribution in [0, 0.1) is 0 Å². The molecule has 1 heterocycles. The molecule has 16 heavy (non-hydrogen) atoms. The fourth-order valence-electron chi connectivity index (χ4n) is 1.41. The van der Waals surface area contributed by atoms with Gasteiger partial charge in [-0.2, -0.15) is 0 Å². The predicted molar refractivity (Wildman–Crippen MR) is 59.3 cm³/mol. The van der Waals surface area contributed by atoms with Crippen LogP contribution in [0.25, 0.3) is 10.9 Å². The van der Waals surface area contributed by atoms with Gasteiger partial charge in [-0.3, -0.25) is 4.79 Å². The van der Waals surface area contributed by atoms with E-state index in [1.807, 2.05) is 0 Å². The number of hydrogen-bond donors (Lipinski definition) is 4. The number of fused-ring (bicyclic) bond motifs is 1. The molecule has 5 nitrogen and oxygen atoms in total. The van der Waals surface area contributed by atoms with E-state index in [1.165, 1.54) is 24.4 Å². The van der Waals surface area contributed by atoms with Gasteiger partial charge in [0.1, 0.15) is 11.8 Å². The van der Waals surface area contributed by atoms with Gasteiger partial charge in [0, 0.05) is 26.2 Å². The first-order valence-corrected chi connectivity index (χ1v) is 4.51. The van der Waals surface area contributed by atoms with Crippen molar-refractivity contribution in [1.29, 1.82) is 0 Å². The first kappa shape index (κ1) is 7.29.